The second kappa shape index (κ2) is 6.99. The summed E-state index contributed by atoms with van der Waals surface area (Å²) in [6, 6.07) is 2.19. The molecule has 1 rings (SSSR count). The zero-order chi connectivity index (χ0) is 15.3. The van der Waals surface area contributed by atoms with E-state index in [4.69, 9.17) is 0 Å². The van der Waals surface area contributed by atoms with Crippen LogP contribution in [0.2, 0.25) is 0 Å². The normalized spacial score (nSPS) is 14.1. The van der Waals surface area contributed by atoms with Crippen LogP contribution in [0, 0.1) is 5.82 Å². The van der Waals surface area contributed by atoms with Crippen molar-refractivity contribution in [2.45, 2.75) is 38.6 Å². The van der Waals surface area contributed by atoms with E-state index in [1.54, 1.807) is 13.8 Å². The summed E-state index contributed by atoms with van der Waals surface area (Å²) in [6.07, 6.45) is -4.21. The second-order valence-corrected chi connectivity index (χ2v) is 4.89. The molecule has 0 aliphatic heterocycles. The van der Waals surface area contributed by atoms with Gasteiger partial charge in [0, 0.05) is 12.6 Å². The predicted molar refractivity (Wildman–Crippen MR) is 66.5 cm³/mol. The maximum atomic E-state index is 12.7. The Kier molecular flexibility index (Phi) is 5.88. The van der Waals surface area contributed by atoms with Crippen LogP contribution in [-0.4, -0.2) is 40.3 Å². The van der Waals surface area contributed by atoms with Crippen molar-refractivity contribution in [1.29, 1.82) is 0 Å². The van der Waals surface area contributed by atoms with Crippen molar-refractivity contribution in [3.05, 3.63) is 29.8 Å². The summed E-state index contributed by atoms with van der Waals surface area (Å²) in [4.78, 5) is 4.94. The summed E-state index contributed by atoms with van der Waals surface area (Å²) in [7, 11) is 0. The molecule has 3 nitrogen and oxygen atoms in total. The molecule has 1 atom stereocenters. The summed E-state index contributed by atoms with van der Waals surface area (Å²) in [5.74, 6) is -0.526. The fourth-order valence-corrected chi connectivity index (χ4v) is 1.77. The average Bonchev–Trinajstić information content (AvgIpc) is 2.33. The van der Waals surface area contributed by atoms with Crippen LogP contribution in [0.3, 0.4) is 0 Å². The van der Waals surface area contributed by atoms with E-state index >= 15 is 0 Å². The van der Waals surface area contributed by atoms with Crippen molar-refractivity contribution in [1.82, 2.24) is 9.88 Å². The van der Waals surface area contributed by atoms with Crippen LogP contribution in [-0.2, 0) is 0 Å². The third-order valence-electron chi connectivity index (χ3n) is 2.89. The van der Waals surface area contributed by atoms with E-state index < -0.39 is 24.6 Å². The Morgan fingerprint density at radius 2 is 1.95 bits per heavy atom. The number of aromatic nitrogens is 1. The van der Waals surface area contributed by atoms with Crippen molar-refractivity contribution < 1.29 is 22.7 Å². The first-order chi connectivity index (χ1) is 9.19. The molecule has 0 amide bonds. The fourth-order valence-electron chi connectivity index (χ4n) is 1.77. The summed E-state index contributed by atoms with van der Waals surface area (Å²) in [5, 5.41) is 9.85. The van der Waals surface area contributed by atoms with Crippen LogP contribution < -0.4 is 0 Å². The van der Waals surface area contributed by atoms with Gasteiger partial charge in [0.05, 0.1) is 24.5 Å². The number of aliphatic hydroxyl groups excluding tert-OH is 1. The van der Waals surface area contributed by atoms with Crippen molar-refractivity contribution in [3.8, 4) is 0 Å². The van der Waals surface area contributed by atoms with Crippen LogP contribution in [0.1, 0.15) is 32.1 Å². The van der Waals surface area contributed by atoms with E-state index in [1.807, 2.05) is 0 Å². The van der Waals surface area contributed by atoms with Gasteiger partial charge in [0.1, 0.15) is 5.82 Å². The number of hydrogen-bond acceptors (Lipinski definition) is 3. The Bertz CT molecular complexity index is 406. The second-order valence-electron chi connectivity index (χ2n) is 4.89. The lowest BCUT2D eigenvalue weighted by molar-refractivity contribution is -0.150. The lowest BCUT2D eigenvalue weighted by Gasteiger charge is -2.28. The van der Waals surface area contributed by atoms with Crippen molar-refractivity contribution >= 4 is 0 Å². The highest BCUT2D eigenvalue weighted by Gasteiger charge is 2.31. The van der Waals surface area contributed by atoms with Gasteiger partial charge < -0.3 is 5.11 Å². The van der Waals surface area contributed by atoms with Gasteiger partial charge in [0.15, 0.2) is 0 Å². The van der Waals surface area contributed by atoms with Gasteiger partial charge in [-0.05, 0) is 32.4 Å². The molecule has 7 heteroatoms. The Labute approximate surface area is 115 Å². The van der Waals surface area contributed by atoms with Gasteiger partial charge in [0.2, 0.25) is 0 Å². The lowest BCUT2D eigenvalue weighted by Crippen LogP contribution is -2.40. The Morgan fingerprint density at radius 3 is 2.40 bits per heavy atom. The third kappa shape index (κ3) is 5.83. The lowest BCUT2D eigenvalue weighted by atomic mass is 10.1. The highest BCUT2D eigenvalue weighted by molar-refractivity contribution is 5.07. The fraction of sp³-hybridized carbons (Fsp3) is 0.615. The van der Waals surface area contributed by atoms with Gasteiger partial charge in [0.25, 0.3) is 0 Å². The molecular weight excluding hydrogens is 276 g/mol. The molecule has 1 N–H and O–H groups in total. The monoisotopic (exact) mass is 294 g/mol. The first-order valence-electron chi connectivity index (χ1n) is 6.29. The van der Waals surface area contributed by atoms with Gasteiger partial charge in [-0.25, -0.2) is 4.39 Å². The summed E-state index contributed by atoms with van der Waals surface area (Å²) in [6.45, 7) is 2.38. The summed E-state index contributed by atoms with van der Waals surface area (Å²) < 4.78 is 49.9. The van der Waals surface area contributed by atoms with Gasteiger partial charge >= 0.3 is 6.18 Å². The van der Waals surface area contributed by atoms with E-state index in [0.717, 1.165) is 12.3 Å². The molecule has 0 fully saturated rings. The molecule has 0 radical (unpaired) electrons. The Morgan fingerprint density at radius 1 is 1.30 bits per heavy atom. The molecule has 0 aromatic carbocycles. The Balaban J connectivity index is 2.56. The third-order valence-corrected chi connectivity index (χ3v) is 2.89. The molecule has 1 aromatic heterocycles. The number of pyridine rings is 1. The van der Waals surface area contributed by atoms with Crippen molar-refractivity contribution in [3.63, 3.8) is 0 Å². The van der Waals surface area contributed by atoms with E-state index in [2.05, 4.69) is 4.98 Å². The molecule has 0 aliphatic carbocycles. The standard InChI is InChI=1S/C13H18F4N2O/c1-9(2)19(8-13(15,16)17)6-5-12(20)11-4-3-10(14)7-18-11/h3-4,7,9,12,20H,5-6,8H2,1-2H3. The number of aliphatic hydroxyl groups is 1. The quantitative estimate of drug-likeness (QED) is 0.820. The average molecular weight is 294 g/mol. The molecule has 0 saturated carbocycles. The van der Waals surface area contributed by atoms with Crippen molar-refractivity contribution in [2.75, 3.05) is 13.1 Å². The molecule has 0 aliphatic rings. The minimum absolute atomic E-state index is 0.0808. The topological polar surface area (TPSA) is 36.4 Å². The number of hydrogen-bond donors (Lipinski definition) is 1. The number of rotatable bonds is 6. The van der Waals surface area contributed by atoms with Crippen LogP contribution in [0.5, 0.6) is 0 Å². The number of halogens is 4. The molecule has 0 bridgehead atoms. The Hall–Kier alpha value is -1.21. The maximum Gasteiger partial charge on any atom is 0.401 e. The zero-order valence-corrected chi connectivity index (χ0v) is 11.4. The highest BCUT2D eigenvalue weighted by Crippen LogP contribution is 2.20. The van der Waals surface area contributed by atoms with Gasteiger partial charge in [-0.2, -0.15) is 13.2 Å². The zero-order valence-electron chi connectivity index (χ0n) is 11.4. The molecule has 114 valence electrons. The highest BCUT2D eigenvalue weighted by atomic mass is 19.4. The largest absolute Gasteiger partial charge is 0.401 e. The van der Waals surface area contributed by atoms with Gasteiger partial charge in [-0.1, -0.05) is 0 Å². The van der Waals surface area contributed by atoms with E-state index in [1.165, 1.54) is 11.0 Å². The molecule has 1 heterocycles. The molecule has 1 unspecified atom stereocenters. The van der Waals surface area contributed by atoms with E-state index in [0.29, 0.717) is 0 Å². The first kappa shape index (κ1) is 16.8. The van der Waals surface area contributed by atoms with Crippen LogP contribution in [0.25, 0.3) is 0 Å². The number of nitrogens with zero attached hydrogens (tertiary/aromatic N) is 2. The molecular formula is C13H18F4N2O. The van der Waals surface area contributed by atoms with Crippen molar-refractivity contribution in [2.24, 2.45) is 0 Å². The van der Waals surface area contributed by atoms with E-state index in [-0.39, 0.29) is 24.7 Å². The molecule has 0 saturated heterocycles. The van der Waals surface area contributed by atoms with Crippen LogP contribution in [0.15, 0.2) is 18.3 Å². The first-order valence-corrected chi connectivity index (χ1v) is 6.29. The molecule has 1 aromatic rings. The molecule has 0 spiro atoms. The summed E-state index contributed by atoms with van der Waals surface area (Å²) in [5.41, 5.74) is 0.252. The van der Waals surface area contributed by atoms with Gasteiger partial charge in [-0.3, -0.25) is 9.88 Å². The predicted octanol–water partition coefficient (Wildman–Crippen LogP) is 2.92. The SMILES string of the molecule is CC(C)N(CCC(O)c1ccc(F)cn1)CC(F)(F)F. The minimum Gasteiger partial charge on any atom is -0.387 e. The van der Waals surface area contributed by atoms with Gasteiger partial charge in [-0.15, -0.1) is 0 Å². The van der Waals surface area contributed by atoms with E-state index in [9.17, 15) is 22.7 Å². The summed E-state index contributed by atoms with van der Waals surface area (Å²) >= 11 is 0. The maximum absolute atomic E-state index is 12.7. The minimum atomic E-state index is -4.27. The van der Waals surface area contributed by atoms with Crippen LogP contribution >= 0.6 is 0 Å². The smallest absolute Gasteiger partial charge is 0.387 e. The van der Waals surface area contributed by atoms with Crippen LogP contribution in [0.4, 0.5) is 17.6 Å². The number of alkyl halides is 3. The molecule has 20 heavy (non-hydrogen) atoms.